The summed E-state index contributed by atoms with van der Waals surface area (Å²) < 4.78 is 1.12. The molecule has 8 heteroatoms. The lowest BCUT2D eigenvalue weighted by atomic mass is 10.3. The first-order chi connectivity index (χ1) is 7.54. The molecule has 0 aliphatic carbocycles. The predicted molar refractivity (Wildman–Crippen MR) is 53.6 cm³/mol. The fourth-order valence-corrected chi connectivity index (χ4v) is 1.12. The molecule has 1 amide bonds. The topological polar surface area (TPSA) is 110 Å². The van der Waals surface area contributed by atoms with Crippen molar-refractivity contribution < 1.29 is 14.8 Å². The van der Waals surface area contributed by atoms with Gasteiger partial charge in [-0.25, -0.2) is 4.57 Å². The summed E-state index contributed by atoms with van der Waals surface area (Å²) in [4.78, 5) is 24.7. The lowest BCUT2D eigenvalue weighted by Crippen LogP contribution is -2.37. The Morgan fingerprint density at radius 2 is 2.50 bits per heavy atom. The molecule has 16 heavy (non-hydrogen) atoms. The molecular formula is C8H12N4O4. The molecule has 0 radical (unpaired) electrons. The monoisotopic (exact) mass is 228 g/mol. The molecular weight excluding hydrogens is 216 g/mol. The molecule has 0 aliphatic rings. The normalized spacial score (nSPS) is 12.1. The molecule has 0 fully saturated rings. The van der Waals surface area contributed by atoms with Gasteiger partial charge in [-0.3, -0.25) is 4.79 Å². The van der Waals surface area contributed by atoms with Gasteiger partial charge in [-0.05, 0) is 11.8 Å². The molecule has 1 atom stereocenters. The van der Waals surface area contributed by atoms with Gasteiger partial charge in [-0.2, -0.15) is 0 Å². The summed E-state index contributed by atoms with van der Waals surface area (Å²) in [5.41, 5.74) is 0. The molecule has 1 aromatic rings. The van der Waals surface area contributed by atoms with E-state index < -0.39 is 10.8 Å². The number of nitrogens with one attached hydrogen (secondary N) is 1. The van der Waals surface area contributed by atoms with Crippen LogP contribution in [0.3, 0.4) is 0 Å². The van der Waals surface area contributed by atoms with Crippen LogP contribution in [-0.4, -0.2) is 38.1 Å². The molecule has 8 nitrogen and oxygen atoms in total. The number of aliphatic hydroxyl groups excluding tert-OH is 1. The Labute approximate surface area is 91.1 Å². The average Bonchev–Trinajstić information content (AvgIpc) is 2.65. The summed E-state index contributed by atoms with van der Waals surface area (Å²) in [7, 11) is 0. The van der Waals surface area contributed by atoms with E-state index in [1.807, 2.05) is 0 Å². The van der Waals surface area contributed by atoms with Gasteiger partial charge in [0.05, 0.1) is 6.61 Å². The van der Waals surface area contributed by atoms with Crippen LogP contribution in [0.1, 0.15) is 6.92 Å². The molecule has 2 N–H and O–H groups in total. The molecule has 0 aliphatic heterocycles. The summed E-state index contributed by atoms with van der Waals surface area (Å²) in [6, 6.07) is -0.380. The van der Waals surface area contributed by atoms with Gasteiger partial charge in [-0.1, -0.05) is 4.98 Å². The first-order valence-corrected chi connectivity index (χ1v) is 4.60. The molecule has 1 unspecified atom stereocenters. The first-order valence-electron chi connectivity index (χ1n) is 4.60. The van der Waals surface area contributed by atoms with E-state index >= 15 is 0 Å². The van der Waals surface area contributed by atoms with Crippen LogP contribution in [0.4, 0.5) is 5.95 Å². The number of imidazole rings is 1. The van der Waals surface area contributed by atoms with Crippen molar-refractivity contribution in [3.63, 3.8) is 0 Å². The summed E-state index contributed by atoms with van der Waals surface area (Å²) >= 11 is 0. The third kappa shape index (κ3) is 3.02. The minimum Gasteiger partial charge on any atom is -0.394 e. The molecule has 0 bridgehead atoms. The van der Waals surface area contributed by atoms with Crippen molar-refractivity contribution in [2.75, 3.05) is 6.61 Å². The van der Waals surface area contributed by atoms with Crippen molar-refractivity contribution in [3.8, 4) is 0 Å². The third-order valence-electron chi connectivity index (χ3n) is 1.85. The van der Waals surface area contributed by atoms with Crippen LogP contribution in [0.25, 0.3) is 0 Å². The maximum Gasteiger partial charge on any atom is 0.435 e. The second-order valence-electron chi connectivity index (χ2n) is 3.26. The zero-order valence-corrected chi connectivity index (χ0v) is 8.66. The number of rotatable bonds is 5. The van der Waals surface area contributed by atoms with E-state index in [4.69, 9.17) is 5.11 Å². The number of nitrogens with zero attached hydrogens (tertiary/aromatic N) is 3. The second kappa shape index (κ2) is 5.21. The van der Waals surface area contributed by atoms with Crippen molar-refractivity contribution in [1.82, 2.24) is 14.9 Å². The van der Waals surface area contributed by atoms with Crippen LogP contribution in [0.2, 0.25) is 0 Å². The van der Waals surface area contributed by atoms with Crippen LogP contribution < -0.4 is 5.32 Å². The number of carbonyl (C=O) groups excluding carboxylic acids is 1. The first kappa shape index (κ1) is 12.1. The third-order valence-corrected chi connectivity index (χ3v) is 1.85. The van der Waals surface area contributed by atoms with E-state index in [9.17, 15) is 14.9 Å². The quantitative estimate of drug-likeness (QED) is 0.510. The molecule has 0 saturated heterocycles. The summed E-state index contributed by atoms with van der Waals surface area (Å²) in [5.74, 6) is -0.797. The Kier molecular flexibility index (Phi) is 3.95. The zero-order valence-electron chi connectivity index (χ0n) is 8.66. The number of hydrogen-bond acceptors (Lipinski definition) is 5. The van der Waals surface area contributed by atoms with Gasteiger partial charge in [0, 0.05) is 6.04 Å². The molecule has 88 valence electrons. The maximum absolute atomic E-state index is 11.4. The van der Waals surface area contributed by atoms with Crippen molar-refractivity contribution >= 4 is 11.9 Å². The van der Waals surface area contributed by atoms with Crippen molar-refractivity contribution in [3.05, 3.63) is 22.5 Å². The summed E-state index contributed by atoms with van der Waals surface area (Å²) in [6.07, 6.45) is 2.60. The molecule has 1 heterocycles. The highest BCUT2D eigenvalue weighted by atomic mass is 16.6. The number of aliphatic hydroxyl groups is 1. The number of hydrogen-bond donors (Lipinski definition) is 2. The Bertz CT molecular complexity index is 389. The van der Waals surface area contributed by atoms with E-state index in [1.165, 1.54) is 12.4 Å². The van der Waals surface area contributed by atoms with Crippen LogP contribution in [-0.2, 0) is 11.3 Å². The highest BCUT2D eigenvalue weighted by molar-refractivity contribution is 5.76. The van der Waals surface area contributed by atoms with Crippen LogP contribution >= 0.6 is 0 Å². The largest absolute Gasteiger partial charge is 0.435 e. The van der Waals surface area contributed by atoms with Gasteiger partial charge in [0.1, 0.15) is 12.4 Å². The number of aromatic nitrogens is 2. The average molecular weight is 228 g/mol. The summed E-state index contributed by atoms with van der Waals surface area (Å²) in [6.45, 7) is 1.25. The molecule has 1 aromatic heterocycles. The number of carbonyl (C=O) groups is 1. The van der Waals surface area contributed by atoms with Gasteiger partial charge in [0.2, 0.25) is 0 Å². The smallest absolute Gasteiger partial charge is 0.394 e. The van der Waals surface area contributed by atoms with Crippen LogP contribution in [0.5, 0.6) is 0 Å². The van der Waals surface area contributed by atoms with Gasteiger partial charge in [-0.15, -0.1) is 0 Å². The van der Waals surface area contributed by atoms with Gasteiger partial charge < -0.3 is 20.5 Å². The Morgan fingerprint density at radius 1 is 1.81 bits per heavy atom. The predicted octanol–water partition coefficient (Wildman–Crippen LogP) is -0.712. The standard InChI is InChI=1S/C8H12N4O4/c1-6(5-13)10-7(14)4-11-3-2-9-8(11)12(15)16/h2-3,6,13H,4-5H2,1H3,(H,10,14). The molecule has 0 saturated carbocycles. The van der Waals surface area contributed by atoms with Crippen LogP contribution in [0, 0.1) is 10.1 Å². The van der Waals surface area contributed by atoms with Gasteiger partial charge in [0.25, 0.3) is 5.91 Å². The van der Waals surface area contributed by atoms with E-state index in [0.29, 0.717) is 0 Å². The Hall–Kier alpha value is -1.96. The van der Waals surface area contributed by atoms with E-state index in [1.54, 1.807) is 6.92 Å². The molecule has 0 aromatic carbocycles. The van der Waals surface area contributed by atoms with Crippen molar-refractivity contribution in [2.24, 2.45) is 0 Å². The van der Waals surface area contributed by atoms with E-state index in [0.717, 1.165) is 4.57 Å². The Morgan fingerprint density at radius 3 is 3.06 bits per heavy atom. The molecule has 0 spiro atoms. The number of nitro groups is 1. The SMILES string of the molecule is CC(CO)NC(=O)Cn1ccnc1[N+](=O)[O-]. The highest BCUT2D eigenvalue weighted by Gasteiger charge is 2.17. The Balaban J connectivity index is 2.63. The van der Waals surface area contributed by atoms with E-state index in [2.05, 4.69) is 10.3 Å². The fraction of sp³-hybridized carbons (Fsp3) is 0.500. The molecule has 1 rings (SSSR count). The highest BCUT2D eigenvalue weighted by Crippen LogP contribution is 2.06. The minimum absolute atomic E-state index is 0.183. The number of amides is 1. The van der Waals surface area contributed by atoms with Crippen molar-refractivity contribution in [2.45, 2.75) is 19.5 Å². The lowest BCUT2D eigenvalue weighted by Gasteiger charge is -2.09. The second-order valence-corrected chi connectivity index (χ2v) is 3.26. The van der Waals surface area contributed by atoms with Gasteiger partial charge >= 0.3 is 5.95 Å². The summed E-state index contributed by atoms with van der Waals surface area (Å²) in [5, 5.41) is 21.7. The van der Waals surface area contributed by atoms with Gasteiger partial charge in [0.15, 0.2) is 6.54 Å². The van der Waals surface area contributed by atoms with Crippen LogP contribution in [0.15, 0.2) is 12.4 Å². The fourth-order valence-electron chi connectivity index (χ4n) is 1.12. The maximum atomic E-state index is 11.4. The van der Waals surface area contributed by atoms with Crippen molar-refractivity contribution in [1.29, 1.82) is 0 Å². The lowest BCUT2D eigenvalue weighted by molar-refractivity contribution is -0.396. The minimum atomic E-state index is -0.664. The zero-order chi connectivity index (χ0) is 12.1. The van der Waals surface area contributed by atoms with E-state index in [-0.39, 0.29) is 25.1 Å².